The molecule has 1 saturated heterocycles. The summed E-state index contributed by atoms with van der Waals surface area (Å²) in [5, 5.41) is 3.76. The molecule has 1 aliphatic rings. The smallest absolute Gasteiger partial charge is 0.0307 e. The van der Waals surface area contributed by atoms with Gasteiger partial charge in [0, 0.05) is 35.2 Å². The summed E-state index contributed by atoms with van der Waals surface area (Å²) < 4.78 is 1.22. The molecule has 1 N–H and O–H groups in total. The van der Waals surface area contributed by atoms with Crippen LogP contribution in [0.25, 0.3) is 0 Å². The van der Waals surface area contributed by atoms with E-state index in [4.69, 9.17) is 0 Å². The molecule has 1 aliphatic heterocycles. The van der Waals surface area contributed by atoms with Crippen LogP contribution in [0, 0.1) is 0 Å². The van der Waals surface area contributed by atoms with Crippen LogP contribution in [-0.4, -0.2) is 29.1 Å². The molecule has 2 nitrogen and oxygen atoms in total. The number of benzene rings is 1. The molecule has 1 fully saturated rings. The first-order valence-corrected chi connectivity index (χ1v) is 8.45. The van der Waals surface area contributed by atoms with Gasteiger partial charge in [-0.3, -0.25) is 4.90 Å². The van der Waals surface area contributed by atoms with Crippen molar-refractivity contribution < 1.29 is 0 Å². The average Bonchev–Trinajstić information content (AvgIpc) is 2.46. The van der Waals surface area contributed by atoms with Gasteiger partial charge in [-0.1, -0.05) is 48.0 Å². The first-order valence-electron chi connectivity index (χ1n) is 7.66. The lowest BCUT2D eigenvalue weighted by molar-refractivity contribution is 0.0103. The second-order valence-corrected chi connectivity index (χ2v) is 7.42. The lowest BCUT2D eigenvalue weighted by Crippen LogP contribution is -2.67. The van der Waals surface area contributed by atoms with E-state index >= 15 is 0 Å². The number of piperazine rings is 1. The third-order valence-electron chi connectivity index (χ3n) is 5.06. The highest BCUT2D eigenvalue weighted by atomic mass is 79.9. The van der Waals surface area contributed by atoms with Gasteiger partial charge in [0.25, 0.3) is 0 Å². The molecule has 2 unspecified atom stereocenters. The summed E-state index contributed by atoms with van der Waals surface area (Å²) in [4.78, 5) is 2.66. The normalized spacial score (nSPS) is 31.4. The monoisotopic (exact) mass is 338 g/mol. The molecular weight excluding hydrogens is 312 g/mol. The van der Waals surface area contributed by atoms with Gasteiger partial charge < -0.3 is 5.32 Å². The van der Waals surface area contributed by atoms with E-state index in [1.54, 1.807) is 0 Å². The number of rotatable bonds is 4. The van der Waals surface area contributed by atoms with E-state index < -0.39 is 0 Å². The fourth-order valence-corrected chi connectivity index (χ4v) is 3.26. The minimum absolute atomic E-state index is 0.232. The van der Waals surface area contributed by atoms with Crippen LogP contribution in [0.15, 0.2) is 28.7 Å². The Balaban J connectivity index is 2.22. The minimum atomic E-state index is 0.232. The highest BCUT2D eigenvalue weighted by Crippen LogP contribution is 2.31. The Bertz CT molecular complexity index is 462. The second-order valence-electron chi connectivity index (χ2n) is 6.57. The Kier molecular flexibility index (Phi) is 4.93. The highest BCUT2D eigenvalue weighted by molar-refractivity contribution is 9.10. The zero-order chi connectivity index (χ0) is 14.8. The summed E-state index contributed by atoms with van der Waals surface area (Å²) in [6.45, 7) is 12.5. The van der Waals surface area contributed by atoms with Crippen LogP contribution in [-0.2, 0) is 6.54 Å². The van der Waals surface area contributed by atoms with E-state index in [9.17, 15) is 0 Å². The first kappa shape index (κ1) is 16.0. The Morgan fingerprint density at radius 2 is 1.90 bits per heavy atom. The number of halogens is 1. The van der Waals surface area contributed by atoms with Crippen LogP contribution in [0.2, 0.25) is 0 Å². The summed E-state index contributed by atoms with van der Waals surface area (Å²) in [6.07, 6.45) is 2.34. The Morgan fingerprint density at radius 1 is 1.20 bits per heavy atom. The van der Waals surface area contributed by atoms with Gasteiger partial charge in [0.1, 0.15) is 0 Å². The topological polar surface area (TPSA) is 15.3 Å². The molecule has 0 spiro atoms. The molecule has 2 rings (SSSR count). The van der Waals surface area contributed by atoms with Crippen LogP contribution in [0.4, 0.5) is 0 Å². The largest absolute Gasteiger partial charge is 0.308 e. The fourth-order valence-electron chi connectivity index (χ4n) is 2.85. The fraction of sp³-hybridized carbons (Fsp3) is 0.647. The van der Waals surface area contributed by atoms with Gasteiger partial charge in [-0.05, 0) is 38.3 Å². The summed E-state index contributed by atoms with van der Waals surface area (Å²) in [7, 11) is 0. The van der Waals surface area contributed by atoms with Gasteiger partial charge in [0.15, 0.2) is 0 Å². The summed E-state index contributed by atoms with van der Waals surface area (Å²) in [5.41, 5.74) is 1.85. The van der Waals surface area contributed by atoms with Crippen molar-refractivity contribution in [1.82, 2.24) is 10.2 Å². The molecule has 2 atom stereocenters. The molecule has 0 aromatic heterocycles. The summed E-state index contributed by atoms with van der Waals surface area (Å²) in [5.74, 6) is 0. The van der Waals surface area contributed by atoms with Crippen LogP contribution in [0.1, 0.15) is 46.1 Å². The summed E-state index contributed by atoms with van der Waals surface area (Å²) >= 11 is 3.69. The van der Waals surface area contributed by atoms with Gasteiger partial charge in [-0.15, -0.1) is 0 Å². The standard InChI is InChI=1S/C17H27BrN2/c1-5-16(3)13-20(17(4,6-2)12-19-16)11-14-9-7-8-10-15(14)18/h7-10,19H,5-6,11-13H2,1-4H3. The van der Waals surface area contributed by atoms with Crippen LogP contribution in [0.5, 0.6) is 0 Å². The molecule has 0 amide bonds. The zero-order valence-corrected chi connectivity index (χ0v) is 14.8. The Morgan fingerprint density at radius 3 is 2.50 bits per heavy atom. The number of hydrogen-bond donors (Lipinski definition) is 1. The molecule has 0 saturated carbocycles. The number of hydrogen-bond acceptors (Lipinski definition) is 2. The molecule has 1 heterocycles. The van der Waals surface area contributed by atoms with Gasteiger partial charge in [-0.2, -0.15) is 0 Å². The predicted molar refractivity (Wildman–Crippen MR) is 89.9 cm³/mol. The summed E-state index contributed by atoms with van der Waals surface area (Å²) in [6, 6.07) is 8.58. The zero-order valence-electron chi connectivity index (χ0n) is 13.2. The van der Waals surface area contributed by atoms with Gasteiger partial charge in [-0.25, -0.2) is 0 Å². The first-order chi connectivity index (χ1) is 9.42. The number of nitrogens with one attached hydrogen (secondary N) is 1. The van der Waals surface area contributed by atoms with E-state index in [1.165, 1.54) is 22.9 Å². The van der Waals surface area contributed by atoms with Crippen molar-refractivity contribution in [1.29, 1.82) is 0 Å². The van der Waals surface area contributed by atoms with Gasteiger partial charge in [0.2, 0.25) is 0 Å². The van der Waals surface area contributed by atoms with Crippen LogP contribution < -0.4 is 5.32 Å². The quantitative estimate of drug-likeness (QED) is 0.885. The SMILES string of the molecule is CCC1(C)CN(Cc2ccccc2Br)C(C)(CC)CN1. The lowest BCUT2D eigenvalue weighted by Gasteiger charge is -2.52. The van der Waals surface area contributed by atoms with E-state index in [-0.39, 0.29) is 11.1 Å². The van der Waals surface area contributed by atoms with Crippen molar-refractivity contribution in [2.24, 2.45) is 0 Å². The van der Waals surface area contributed by atoms with Crippen LogP contribution in [0.3, 0.4) is 0 Å². The molecule has 0 radical (unpaired) electrons. The molecule has 20 heavy (non-hydrogen) atoms. The van der Waals surface area contributed by atoms with Gasteiger partial charge in [0.05, 0.1) is 0 Å². The third kappa shape index (κ3) is 3.26. The van der Waals surface area contributed by atoms with Crippen molar-refractivity contribution in [3.05, 3.63) is 34.3 Å². The maximum absolute atomic E-state index is 3.76. The van der Waals surface area contributed by atoms with Crippen LogP contribution >= 0.6 is 15.9 Å². The maximum Gasteiger partial charge on any atom is 0.0307 e. The van der Waals surface area contributed by atoms with Crippen molar-refractivity contribution in [2.45, 2.75) is 58.2 Å². The maximum atomic E-state index is 3.76. The molecule has 1 aromatic carbocycles. The van der Waals surface area contributed by atoms with Crippen molar-refractivity contribution in [2.75, 3.05) is 13.1 Å². The number of nitrogens with zero attached hydrogens (tertiary/aromatic N) is 1. The molecule has 1 aromatic rings. The van der Waals surface area contributed by atoms with E-state index in [0.717, 1.165) is 19.6 Å². The molecule has 3 heteroatoms. The minimum Gasteiger partial charge on any atom is -0.308 e. The predicted octanol–water partition coefficient (Wildman–Crippen LogP) is 4.19. The molecule has 112 valence electrons. The van der Waals surface area contributed by atoms with Crippen molar-refractivity contribution in [3.63, 3.8) is 0 Å². The Labute approximate surface area is 132 Å². The Hall–Kier alpha value is -0.380. The lowest BCUT2D eigenvalue weighted by atomic mass is 9.85. The van der Waals surface area contributed by atoms with Crippen molar-refractivity contribution in [3.8, 4) is 0 Å². The van der Waals surface area contributed by atoms with E-state index in [1.807, 2.05) is 0 Å². The van der Waals surface area contributed by atoms with E-state index in [2.05, 4.69) is 78.1 Å². The van der Waals surface area contributed by atoms with Crippen molar-refractivity contribution >= 4 is 15.9 Å². The molecule has 0 aliphatic carbocycles. The molecular formula is C17H27BrN2. The molecule has 0 bridgehead atoms. The third-order valence-corrected chi connectivity index (χ3v) is 5.83. The highest BCUT2D eigenvalue weighted by Gasteiger charge is 2.40. The second kappa shape index (κ2) is 6.17. The van der Waals surface area contributed by atoms with Gasteiger partial charge >= 0.3 is 0 Å². The van der Waals surface area contributed by atoms with E-state index in [0.29, 0.717) is 0 Å². The average molecular weight is 339 g/mol.